The van der Waals surface area contributed by atoms with Gasteiger partial charge in [0.1, 0.15) is 0 Å². The number of carbonyl (C=O) groups excluding carboxylic acids is 3. The zero-order valence-electron chi connectivity index (χ0n) is 12.7. The molecule has 1 amide bonds. The summed E-state index contributed by atoms with van der Waals surface area (Å²) in [6.45, 7) is 10.2. The van der Waals surface area contributed by atoms with Crippen molar-refractivity contribution in [2.45, 2.75) is 59.9 Å². The summed E-state index contributed by atoms with van der Waals surface area (Å²) in [4.78, 5) is 38.3. The second-order valence-corrected chi connectivity index (χ2v) is 6.26. The van der Waals surface area contributed by atoms with Crippen LogP contribution >= 0.6 is 0 Å². The lowest BCUT2D eigenvalue weighted by molar-refractivity contribution is -0.151. The molecule has 0 aromatic heterocycles. The standard InChI is InChI=1S/C15H25NO3/c1-6-10(3)16(7-2)14(19)13-11(17)8-15(4,5)9-12(13)18/h10,13H,6-9H2,1-5H3/t10-/m1/s1. The molecule has 0 unspecified atom stereocenters. The van der Waals surface area contributed by atoms with Crippen LogP contribution in [-0.2, 0) is 14.4 Å². The summed E-state index contributed by atoms with van der Waals surface area (Å²) in [6, 6.07) is 0.0630. The minimum Gasteiger partial charge on any atom is -0.339 e. The molecule has 1 atom stereocenters. The fourth-order valence-electron chi connectivity index (χ4n) is 2.74. The van der Waals surface area contributed by atoms with Crippen LogP contribution in [0, 0.1) is 11.3 Å². The average Bonchev–Trinajstić information content (AvgIpc) is 2.26. The van der Waals surface area contributed by atoms with Gasteiger partial charge in [0.05, 0.1) is 0 Å². The van der Waals surface area contributed by atoms with Crippen molar-refractivity contribution in [2.24, 2.45) is 11.3 Å². The maximum atomic E-state index is 12.4. The molecule has 19 heavy (non-hydrogen) atoms. The van der Waals surface area contributed by atoms with Gasteiger partial charge in [-0.2, -0.15) is 0 Å². The van der Waals surface area contributed by atoms with Crippen LogP contribution < -0.4 is 0 Å². The van der Waals surface area contributed by atoms with Gasteiger partial charge in [0.15, 0.2) is 17.5 Å². The third kappa shape index (κ3) is 3.43. The number of hydrogen-bond donors (Lipinski definition) is 0. The molecule has 1 aliphatic carbocycles. The number of hydrogen-bond acceptors (Lipinski definition) is 3. The highest BCUT2D eigenvalue weighted by Gasteiger charge is 2.45. The Morgan fingerprint density at radius 1 is 1.26 bits per heavy atom. The fraction of sp³-hybridized carbons (Fsp3) is 0.800. The molecule has 0 spiro atoms. The normalized spacial score (nSPS) is 21.3. The molecule has 108 valence electrons. The minimum atomic E-state index is -1.05. The molecular formula is C15H25NO3. The number of rotatable bonds is 4. The topological polar surface area (TPSA) is 54.5 Å². The van der Waals surface area contributed by atoms with Crippen molar-refractivity contribution in [3.63, 3.8) is 0 Å². The van der Waals surface area contributed by atoms with Crippen molar-refractivity contribution in [2.75, 3.05) is 6.54 Å². The van der Waals surface area contributed by atoms with Crippen molar-refractivity contribution in [1.29, 1.82) is 0 Å². The first-order chi connectivity index (χ1) is 8.73. The first kappa shape index (κ1) is 15.9. The molecule has 0 N–H and O–H groups in total. The van der Waals surface area contributed by atoms with Gasteiger partial charge in [0.2, 0.25) is 5.91 Å². The van der Waals surface area contributed by atoms with E-state index >= 15 is 0 Å². The fourth-order valence-corrected chi connectivity index (χ4v) is 2.74. The van der Waals surface area contributed by atoms with Gasteiger partial charge in [0, 0.05) is 25.4 Å². The molecule has 0 aromatic rings. The maximum Gasteiger partial charge on any atom is 0.240 e. The number of Topliss-reactive ketones (excluding diaryl/α,β-unsaturated/α-hetero) is 2. The van der Waals surface area contributed by atoms with Crippen LogP contribution in [0.4, 0.5) is 0 Å². The first-order valence-electron chi connectivity index (χ1n) is 7.09. The Hall–Kier alpha value is -1.19. The van der Waals surface area contributed by atoms with Crippen molar-refractivity contribution in [1.82, 2.24) is 4.90 Å². The smallest absolute Gasteiger partial charge is 0.240 e. The van der Waals surface area contributed by atoms with E-state index in [1.165, 1.54) is 0 Å². The van der Waals surface area contributed by atoms with Crippen molar-refractivity contribution < 1.29 is 14.4 Å². The van der Waals surface area contributed by atoms with Crippen molar-refractivity contribution >= 4 is 17.5 Å². The molecule has 0 bridgehead atoms. The van der Waals surface area contributed by atoms with Gasteiger partial charge in [-0.1, -0.05) is 20.8 Å². The van der Waals surface area contributed by atoms with Gasteiger partial charge in [-0.05, 0) is 25.7 Å². The highest BCUT2D eigenvalue weighted by Crippen LogP contribution is 2.34. The molecule has 0 aliphatic heterocycles. The summed E-state index contributed by atoms with van der Waals surface area (Å²) in [6.07, 6.45) is 1.45. The molecule has 4 nitrogen and oxygen atoms in total. The lowest BCUT2D eigenvalue weighted by Gasteiger charge is -2.35. The number of amides is 1. The van der Waals surface area contributed by atoms with E-state index in [1.54, 1.807) is 4.90 Å². The molecule has 0 saturated heterocycles. The number of carbonyl (C=O) groups is 3. The maximum absolute atomic E-state index is 12.4. The molecule has 1 aliphatic rings. The lowest BCUT2D eigenvalue weighted by atomic mass is 9.71. The highest BCUT2D eigenvalue weighted by molar-refractivity contribution is 6.20. The van der Waals surface area contributed by atoms with Crippen molar-refractivity contribution in [3.8, 4) is 0 Å². The Morgan fingerprint density at radius 2 is 1.74 bits per heavy atom. The van der Waals surface area contributed by atoms with Crippen molar-refractivity contribution in [3.05, 3.63) is 0 Å². The summed E-state index contributed by atoms with van der Waals surface area (Å²) in [7, 11) is 0. The zero-order valence-corrected chi connectivity index (χ0v) is 12.7. The van der Waals surface area contributed by atoms with Crippen LogP contribution in [0.3, 0.4) is 0 Å². The van der Waals surface area contributed by atoms with Crippen LogP contribution in [0.25, 0.3) is 0 Å². The van der Waals surface area contributed by atoms with E-state index in [4.69, 9.17) is 0 Å². The Labute approximate surface area is 115 Å². The predicted octanol–water partition coefficient (Wildman–Crippen LogP) is 2.21. The molecule has 1 fully saturated rings. The monoisotopic (exact) mass is 267 g/mol. The average molecular weight is 267 g/mol. The summed E-state index contributed by atoms with van der Waals surface area (Å²) < 4.78 is 0. The second kappa shape index (κ2) is 5.85. The van der Waals surface area contributed by atoms with Crippen LogP contribution in [0.1, 0.15) is 53.9 Å². The van der Waals surface area contributed by atoms with Gasteiger partial charge in [-0.25, -0.2) is 0 Å². The van der Waals surface area contributed by atoms with E-state index in [2.05, 4.69) is 0 Å². The second-order valence-electron chi connectivity index (χ2n) is 6.26. The molecule has 1 rings (SSSR count). The Bertz CT molecular complexity index is 367. The Kier molecular flexibility index (Phi) is 4.88. The molecular weight excluding hydrogens is 242 g/mol. The molecule has 0 aromatic carbocycles. The van der Waals surface area contributed by atoms with E-state index in [1.807, 2.05) is 34.6 Å². The molecule has 1 saturated carbocycles. The van der Waals surface area contributed by atoms with E-state index in [0.29, 0.717) is 19.4 Å². The van der Waals surface area contributed by atoms with Gasteiger partial charge in [-0.3, -0.25) is 14.4 Å². The van der Waals surface area contributed by atoms with Gasteiger partial charge >= 0.3 is 0 Å². The molecule has 0 heterocycles. The SMILES string of the molecule is CC[C@@H](C)N(CC)C(=O)C1C(=O)CC(C)(C)CC1=O. The van der Waals surface area contributed by atoms with Crippen LogP contribution in [0.2, 0.25) is 0 Å². The first-order valence-corrected chi connectivity index (χ1v) is 7.09. The molecule has 4 heteroatoms. The van der Waals surface area contributed by atoms with E-state index in [9.17, 15) is 14.4 Å². The van der Waals surface area contributed by atoms with E-state index in [-0.39, 0.29) is 28.9 Å². The third-order valence-corrected chi connectivity index (χ3v) is 3.94. The Balaban J connectivity index is 2.93. The minimum absolute atomic E-state index is 0.0630. The van der Waals surface area contributed by atoms with Gasteiger partial charge < -0.3 is 4.90 Å². The van der Waals surface area contributed by atoms with Gasteiger partial charge in [-0.15, -0.1) is 0 Å². The molecule has 0 radical (unpaired) electrons. The van der Waals surface area contributed by atoms with Crippen LogP contribution in [-0.4, -0.2) is 35.0 Å². The largest absolute Gasteiger partial charge is 0.339 e. The summed E-state index contributed by atoms with van der Waals surface area (Å²) in [5.74, 6) is -1.79. The summed E-state index contributed by atoms with van der Waals surface area (Å²) in [5.41, 5.74) is -0.307. The number of nitrogens with zero attached hydrogens (tertiary/aromatic N) is 1. The van der Waals surface area contributed by atoms with E-state index in [0.717, 1.165) is 6.42 Å². The number of ketones is 2. The van der Waals surface area contributed by atoms with E-state index < -0.39 is 5.92 Å². The van der Waals surface area contributed by atoms with Gasteiger partial charge in [0.25, 0.3) is 0 Å². The zero-order chi connectivity index (χ0) is 14.8. The summed E-state index contributed by atoms with van der Waals surface area (Å²) in [5, 5.41) is 0. The predicted molar refractivity (Wildman–Crippen MR) is 73.7 cm³/mol. The summed E-state index contributed by atoms with van der Waals surface area (Å²) >= 11 is 0. The quantitative estimate of drug-likeness (QED) is 0.734. The van der Waals surface area contributed by atoms with Crippen LogP contribution in [0.15, 0.2) is 0 Å². The van der Waals surface area contributed by atoms with Crippen LogP contribution in [0.5, 0.6) is 0 Å². The lowest BCUT2D eigenvalue weighted by Crippen LogP contribution is -2.50. The Morgan fingerprint density at radius 3 is 2.11 bits per heavy atom. The third-order valence-electron chi connectivity index (χ3n) is 3.94. The highest BCUT2D eigenvalue weighted by atomic mass is 16.2.